The molecule has 1 atom stereocenters. The standard InChI is InChI=1S/C15H21N3O.C6H5F.C4H8/c1-16-15(19-14-6-8-17-10-14)18-9-7-12-4-2-3-5-13(12)11-18;7-6-4-2-1-3-5-6;1-2-4-3-1/h2-5,14,17H,6-11H2,1H3;1-5H;1-4H2. The van der Waals surface area contributed by atoms with Crippen LogP contribution in [0.4, 0.5) is 4.39 Å². The van der Waals surface area contributed by atoms with E-state index in [1.807, 2.05) is 7.05 Å². The van der Waals surface area contributed by atoms with E-state index in [1.165, 1.54) is 48.9 Å². The van der Waals surface area contributed by atoms with Crippen molar-refractivity contribution >= 4 is 6.02 Å². The largest absolute Gasteiger partial charge is 0.460 e. The molecule has 2 heterocycles. The summed E-state index contributed by atoms with van der Waals surface area (Å²) in [6, 6.07) is 17.4. The Morgan fingerprint density at radius 3 is 2.20 bits per heavy atom. The molecular formula is C25H34FN3O. The summed E-state index contributed by atoms with van der Waals surface area (Å²) in [4.78, 5) is 6.59. The molecule has 1 aliphatic carbocycles. The summed E-state index contributed by atoms with van der Waals surface area (Å²) in [5.41, 5.74) is 2.85. The Bertz CT molecular complexity index is 767. The van der Waals surface area contributed by atoms with E-state index in [1.54, 1.807) is 18.2 Å². The van der Waals surface area contributed by atoms with Gasteiger partial charge in [-0.1, -0.05) is 68.1 Å². The first-order valence-electron chi connectivity index (χ1n) is 11.1. The second kappa shape index (κ2) is 12.3. The van der Waals surface area contributed by atoms with Crippen LogP contribution in [-0.4, -0.2) is 43.7 Å². The highest BCUT2D eigenvalue weighted by Gasteiger charge is 2.24. The van der Waals surface area contributed by atoms with Crippen LogP contribution in [0.2, 0.25) is 0 Å². The van der Waals surface area contributed by atoms with E-state index in [0.29, 0.717) is 0 Å². The smallest absolute Gasteiger partial charge is 0.287 e. The third-order valence-electron chi connectivity index (χ3n) is 5.61. The van der Waals surface area contributed by atoms with Gasteiger partial charge in [0.1, 0.15) is 11.9 Å². The summed E-state index contributed by atoms with van der Waals surface area (Å²) in [5, 5.41) is 3.32. The maximum atomic E-state index is 11.9. The number of hydrogen-bond acceptors (Lipinski definition) is 3. The summed E-state index contributed by atoms with van der Waals surface area (Å²) in [6.07, 6.45) is 8.42. The number of hydrogen-bond donors (Lipinski definition) is 1. The Labute approximate surface area is 180 Å². The van der Waals surface area contributed by atoms with Gasteiger partial charge < -0.3 is 15.0 Å². The second-order valence-corrected chi connectivity index (χ2v) is 7.89. The number of nitrogens with zero attached hydrogens (tertiary/aromatic N) is 2. The zero-order chi connectivity index (χ0) is 21.0. The summed E-state index contributed by atoms with van der Waals surface area (Å²) in [7, 11) is 1.82. The molecule has 5 heteroatoms. The minimum absolute atomic E-state index is 0.178. The van der Waals surface area contributed by atoms with Gasteiger partial charge in [0.15, 0.2) is 0 Å². The fourth-order valence-corrected chi connectivity index (χ4v) is 3.47. The van der Waals surface area contributed by atoms with Gasteiger partial charge in [-0.15, -0.1) is 0 Å². The molecule has 1 N–H and O–H groups in total. The first-order chi connectivity index (χ1) is 14.8. The number of aliphatic imine (C=N–C) groups is 1. The Morgan fingerprint density at radius 1 is 1.00 bits per heavy atom. The van der Waals surface area contributed by atoms with Crippen molar-refractivity contribution in [2.75, 3.05) is 26.7 Å². The number of fused-ring (bicyclic) bond motifs is 1. The minimum Gasteiger partial charge on any atom is -0.460 e. The van der Waals surface area contributed by atoms with Crippen molar-refractivity contribution in [2.45, 2.75) is 51.2 Å². The van der Waals surface area contributed by atoms with Crippen molar-refractivity contribution in [3.63, 3.8) is 0 Å². The van der Waals surface area contributed by atoms with Crippen LogP contribution in [-0.2, 0) is 17.7 Å². The molecule has 2 fully saturated rings. The number of nitrogens with one attached hydrogen (secondary N) is 1. The van der Waals surface area contributed by atoms with Gasteiger partial charge in [0.25, 0.3) is 6.02 Å². The molecule has 1 saturated carbocycles. The highest BCUT2D eigenvalue weighted by Crippen LogP contribution is 2.20. The number of halogens is 1. The quantitative estimate of drug-likeness (QED) is 0.541. The Hall–Kier alpha value is -2.40. The Kier molecular flexibility index (Phi) is 9.16. The molecule has 0 amide bonds. The van der Waals surface area contributed by atoms with E-state index in [0.717, 1.165) is 45.0 Å². The van der Waals surface area contributed by atoms with Gasteiger partial charge in [-0.25, -0.2) is 9.38 Å². The van der Waals surface area contributed by atoms with E-state index in [4.69, 9.17) is 4.74 Å². The molecule has 2 aromatic carbocycles. The predicted molar refractivity (Wildman–Crippen MR) is 121 cm³/mol. The van der Waals surface area contributed by atoms with Crippen molar-refractivity contribution in [2.24, 2.45) is 4.99 Å². The molecule has 0 radical (unpaired) electrons. The molecule has 1 saturated heterocycles. The summed E-state index contributed by atoms with van der Waals surface area (Å²) >= 11 is 0. The topological polar surface area (TPSA) is 36.9 Å². The molecule has 1 unspecified atom stereocenters. The lowest BCUT2D eigenvalue weighted by molar-refractivity contribution is 0.158. The number of rotatable bonds is 1. The van der Waals surface area contributed by atoms with Crippen LogP contribution in [0.1, 0.15) is 43.2 Å². The van der Waals surface area contributed by atoms with Crippen LogP contribution in [0.15, 0.2) is 59.6 Å². The van der Waals surface area contributed by atoms with Gasteiger partial charge >= 0.3 is 0 Å². The molecule has 4 nitrogen and oxygen atoms in total. The second-order valence-electron chi connectivity index (χ2n) is 7.89. The molecule has 2 aliphatic heterocycles. The minimum atomic E-state index is -0.178. The van der Waals surface area contributed by atoms with Gasteiger partial charge in [0, 0.05) is 26.7 Å². The van der Waals surface area contributed by atoms with E-state index < -0.39 is 0 Å². The van der Waals surface area contributed by atoms with Gasteiger partial charge in [-0.05, 0) is 42.6 Å². The van der Waals surface area contributed by atoms with E-state index >= 15 is 0 Å². The average molecular weight is 412 g/mol. The monoisotopic (exact) mass is 411 g/mol. The highest BCUT2D eigenvalue weighted by molar-refractivity contribution is 5.74. The highest BCUT2D eigenvalue weighted by atomic mass is 19.1. The van der Waals surface area contributed by atoms with Crippen molar-refractivity contribution in [3.8, 4) is 0 Å². The van der Waals surface area contributed by atoms with Gasteiger partial charge in [-0.2, -0.15) is 0 Å². The van der Waals surface area contributed by atoms with Gasteiger partial charge in [-0.3, -0.25) is 0 Å². The summed E-state index contributed by atoms with van der Waals surface area (Å²) in [5.74, 6) is -0.178. The fraction of sp³-hybridized carbons (Fsp3) is 0.480. The molecule has 3 aliphatic rings. The summed E-state index contributed by atoms with van der Waals surface area (Å²) < 4.78 is 17.9. The maximum Gasteiger partial charge on any atom is 0.287 e. The van der Waals surface area contributed by atoms with Crippen LogP contribution in [0.3, 0.4) is 0 Å². The molecular weight excluding hydrogens is 377 g/mol. The van der Waals surface area contributed by atoms with Crippen LogP contribution < -0.4 is 5.32 Å². The molecule has 5 rings (SSSR count). The third kappa shape index (κ3) is 7.13. The van der Waals surface area contributed by atoms with Crippen LogP contribution in [0.5, 0.6) is 0 Å². The van der Waals surface area contributed by atoms with Crippen molar-refractivity contribution in [1.82, 2.24) is 10.2 Å². The van der Waals surface area contributed by atoms with Crippen molar-refractivity contribution in [3.05, 3.63) is 71.5 Å². The Morgan fingerprint density at radius 2 is 1.67 bits per heavy atom. The maximum absolute atomic E-state index is 11.9. The van der Waals surface area contributed by atoms with Crippen LogP contribution >= 0.6 is 0 Å². The fourth-order valence-electron chi connectivity index (χ4n) is 3.47. The molecule has 162 valence electrons. The molecule has 30 heavy (non-hydrogen) atoms. The number of ether oxygens (including phenoxy) is 1. The number of benzene rings is 2. The van der Waals surface area contributed by atoms with Crippen molar-refractivity contribution < 1.29 is 9.13 Å². The molecule has 2 aromatic rings. The normalized spacial score (nSPS) is 20.0. The zero-order valence-corrected chi connectivity index (χ0v) is 18.0. The van der Waals surface area contributed by atoms with Crippen molar-refractivity contribution in [1.29, 1.82) is 0 Å². The lowest BCUT2D eigenvalue weighted by atomic mass is 10.0. The summed E-state index contributed by atoms with van der Waals surface area (Å²) in [6.45, 7) is 3.88. The Balaban J connectivity index is 0.000000189. The average Bonchev–Trinajstić information content (AvgIpc) is 3.25. The number of amidine groups is 1. The molecule has 0 aromatic heterocycles. The van der Waals surface area contributed by atoms with Gasteiger partial charge in [0.05, 0.1) is 0 Å². The SMILES string of the molecule is C1CCC1.CN=C(OC1CCNC1)N1CCc2ccccc2C1.Fc1ccccc1. The third-order valence-corrected chi connectivity index (χ3v) is 5.61. The lowest BCUT2D eigenvalue weighted by Crippen LogP contribution is -2.39. The lowest BCUT2D eigenvalue weighted by Gasteiger charge is -2.31. The zero-order valence-electron chi connectivity index (χ0n) is 18.0. The first kappa shape index (κ1) is 22.3. The van der Waals surface area contributed by atoms with Crippen LogP contribution in [0, 0.1) is 5.82 Å². The van der Waals surface area contributed by atoms with Gasteiger partial charge in [0.2, 0.25) is 0 Å². The van der Waals surface area contributed by atoms with E-state index in [-0.39, 0.29) is 11.9 Å². The van der Waals surface area contributed by atoms with Crippen LogP contribution in [0.25, 0.3) is 0 Å². The predicted octanol–water partition coefficient (Wildman–Crippen LogP) is 4.80. The van der Waals surface area contributed by atoms with E-state index in [9.17, 15) is 4.39 Å². The first-order valence-corrected chi connectivity index (χ1v) is 11.1. The molecule has 0 spiro atoms. The molecule has 0 bridgehead atoms. The van der Waals surface area contributed by atoms with E-state index in [2.05, 4.69) is 39.5 Å².